The molecule has 1 unspecified atom stereocenters. The summed E-state index contributed by atoms with van der Waals surface area (Å²) in [5.41, 5.74) is 0. The summed E-state index contributed by atoms with van der Waals surface area (Å²) < 4.78 is 5.49. The Labute approximate surface area is 87.3 Å². The zero-order valence-corrected chi connectivity index (χ0v) is 9.13. The van der Waals surface area contributed by atoms with Gasteiger partial charge in [-0.3, -0.25) is 0 Å². The van der Waals surface area contributed by atoms with Gasteiger partial charge in [-0.25, -0.2) is 4.79 Å². The number of rotatable bonds is 5. The second-order valence-corrected chi connectivity index (χ2v) is 4.27. The summed E-state index contributed by atoms with van der Waals surface area (Å²) in [6.45, 7) is 4.57. The highest BCUT2D eigenvalue weighted by molar-refractivity contribution is 7.13. The van der Waals surface area contributed by atoms with Gasteiger partial charge in [-0.1, -0.05) is 6.92 Å². The van der Waals surface area contributed by atoms with E-state index in [0.29, 0.717) is 11.5 Å². The van der Waals surface area contributed by atoms with Crippen LogP contribution in [0.4, 0.5) is 0 Å². The van der Waals surface area contributed by atoms with E-state index in [9.17, 15) is 4.79 Å². The number of carboxylic acid groups (broad SMARTS) is 1. The van der Waals surface area contributed by atoms with Crippen LogP contribution in [0.15, 0.2) is 12.1 Å². The lowest BCUT2D eigenvalue weighted by Gasteiger charge is -2.08. The van der Waals surface area contributed by atoms with E-state index < -0.39 is 5.97 Å². The molecule has 0 aliphatic carbocycles. The Balaban J connectivity index is 2.48. The lowest BCUT2D eigenvalue weighted by atomic mass is 10.3. The van der Waals surface area contributed by atoms with Crippen molar-refractivity contribution in [2.24, 2.45) is 0 Å². The number of hydrogen-bond acceptors (Lipinski definition) is 3. The molecule has 1 N–H and O–H groups in total. The lowest BCUT2D eigenvalue weighted by Crippen LogP contribution is -2.05. The molecule has 14 heavy (non-hydrogen) atoms. The Morgan fingerprint density at radius 2 is 2.36 bits per heavy atom. The van der Waals surface area contributed by atoms with Crippen molar-refractivity contribution in [3.8, 4) is 0 Å². The fourth-order valence-corrected chi connectivity index (χ4v) is 1.68. The van der Waals surface area contributed by atoms with Crippen LogP contribution in [0.25, 0.3) is 0 Å². The third-order valence-corrected chi connectivity index (χ3v) is 3.00. The average molecular weight is 214 g/mol. The zero-order valence-electron chi connectivity index (χ0n) is 8.32. The van der Waals surface area contributed by atoms with E-state index in [1.54, 1.807) is 12.1 Å². The van der Waals surface area contributed by atoms with Gasteiger partial charge in [0.2, 0.25) is 0 Å². The van der Waals surface area contributed by atoms with E-state index in [1.807, 2.05) is 6.92 Å². The van der Waals surface area contributed by atoms with Gasteiger partial charge in [0.25, 0.3) is 0 Å². The average Bonchev–Trinajstić information content (AvgIpc) is 2.62. The Morgan fingerprint density at radius 1 is 1.64 bits per heavy atom. The molecular weight excluding hydrogens is 200 g/mol. The number of hydrogen-bond donors (Lipinski definition) is 1. The molecule has 1 atom stereocenters. The van der Waals surface area contributed by atoms with Gasteiger partial charge in [0.15, 0.2) is 0 Å². The molecule has 1 aromatic heterocycles. The van der Waals surface area contributed by atoms with Gasteiger partial charge >= 0.3 is 5.97 Å². The molecule has 0 aliphatic rings. The van der Waals surface area contributed by atoms with Crippen molar-refractivity contribution in [1.82, 2.24) is 0 Å². The van der Waals surface area contributed by atoms with Crippen LogP contribution in [0.3, 0.4) is 0 Å². The summed E-state index contributed by atoms with van der Waals surface area (Å²) in [5.74, 6) is -0.871. The third-order valence-electron chi connectivity index (χ3n) is 1.96. The van der Waals surface area contributed by atoms with E-state index in [0.717, 1.165) is 11.3 Å². The van der Waals surface area contributed by atoms with E-state index in [4.69, 9.17) is 9.84 Å². The summed E-state index contributed by atoms with van der Waals surface area (Å²) in [6, 6.07) is 3.42. The third kappa shape index (κ3) is 3.12. The van der Waals surface area contributed by atoms with E-state index in [2.05, 4.69) is 6.92 Å². The SMILES string of the molecule is CCC(C)OCc1ccc(C(=O)O)s1. The van der Waals surface area contributed by atoms with E-state index >= 15 is 0 Å². The first-order valence-electron chi connectivity index (χ1n) is 4.57. The fourth-order valence-electron chi connectivity index (χ4n) is 0.913. The summed E-state index contributed by atoms with van der Waals surface area (Å²) in [6.07, 6.45) is 1.20. The van der Waals surface area contributed by atoms with Gasteiger partial charge in [-0.2, -0.15) is 0 Å². The first kappa shape index (κ1) is 11.2. The van der Waals surface area contributed by atoms with Crippen molar-refractivity contribution in [3.63, 3.8) is 0 Å². The largest absolute Gasteiger partial charge is 0.477 e. The van der Waals surface area contributed by atoms with Crippen molar-refractivity contribution in [2.45, 2.75) is 33.0 Å². The molecule has 1 rings (SSSR count). The van der Waals surface area contributed by atoms with Gasteiger partial charge < -0.3 is 9.84 Å². The smallest absolute Gasteiger partial charge is 0.345 e. The Hall–Kier alpha value is -0.870. The maximum atomic E-state index is 10.6. The van der Waals surface area contributed by atoms with Gasteiger partial charge in [0, 0.05) is 4.88 Å². The van der Waals surface area contributed by atoms with Gasteiger partial charge in [0.1, 0.15) is 4.88 Å². The van der Waals surface area contributed by atoms with Gasteiger partial charge in [-0.15, -0.1) is 11.3 Å². The highest BCUT2D eigenvalue weighted by Crippen LogP contribution is 2.18. The summed E-state index contributed by atoms with van der Waals surface area (Å²) in [5, 5.41) is 8.69. The molecule has 78 valence electrons. The molecule has 1 heterocycles. The van der Waals surface area contributed by atoms with Crippen LogP contribution < -0.4 is 0 Å². The molecule has 0 amide bonds. The first-order chi connectivity index (χ1) is 6.63. The molecule has 0 saturated heterocycles. The minimum atomic E-state index is -0.871. The van der Waals surface area contributed by atoms with Crippen molar-refractivity contribution < 1.29 is 14.6 Å². The number of carbonyl (C=O) groups is 1. The molecule has 4 heteroatoms. The van der Waals surface area contributed by atoms with Crippen LogP contribution in [-0.4, -0.2) is 17.2 Å². The van der Waals surface area contributed by atoms with E-state index in [-0.39, 0.29) is 6.10 Å². The molecule has 0 aromatic carbocycles. The molecule has 0 spiro atoms. The highest BCUT2D eigenvalue weighted by atomic mass is 32.1. The van der Waals surface area contributed by atoms with Crippen molar-refractivity contribution in [2.75, 3.05) is 0 Å². The normalized spacial score (nSPS) is 12.7. The van der Waals surface area contributed by atoms with Gasteiger partial charge in [-0.05, 0) is 25.5 Å². The maximum absolute atomic E-state index is 10.6. The second-order valence-electron chi connectivity index (χ2n) is 3.10. The van der Waals surface area contributed by atoms with E-state index in [1.165, 1.54) is 11.3 Å². The Bertz CT molecular complexity index is 306. The zero-order chi connectivity index (χ0) is 10.6. The number of aromatic carboxylic acids is 1. The Morgan fingerprint density at radius 3 is 2.86 bits per heavy atom. The van der Waals surface area contributed by atoms with Crippen LogP contribution in [-0.2, 0) is 11.3 Å². The molecule has 0 fully saturated rings. The topological polar surface area (TPSA) is 46.5 Å². The van der Waals surface area contributed by atoms with Crippen LogP contribution in [0.5, 0.6) is 0 Å². The fraction of sp³-hybridized carbons (Fsp3) is 0.500. The lowest BCUT2D eigenvalue weighted by molar-refractivity contribution is 0.0525. The van der Waals surface area contributed by atoms with Crippen molar-refractivity contribution in [1.29, 1.82) is 0 Å². The molecule has 0 radical (unpaired) electrons. The highest BCUT2D eigenvalue weighted by Gasteiger charge is 2.07. The molecule has 0 aliphatic heterocycles. The Kier molecular flexibility index (Phi) is 4.10. The summed E-state index contributed by atoms with van der Waals surface area (Å²) >= 11 is 1.27. The molecule has 1 aromatic rings. The number of ether oxygens (including phenoxy) is 1. The standard InChI is InChI=1S/C10H14O3S/c1-3-7(2)13-6-8-4-5-9(14-8)10(11)12/h4-5,7H,3,6H2,1-2H3,(H,11,12). The quantitative estimate of drug-likeness (QED) is 0.819. The molecule has 3 nitrogen and oxygen atoms in total. The van der Waals surface area contributed by atoms with Crippen LogP contribution >= 0.6 is 11.3 Å². The molecule has 0 bridgehead atoms. The minimum Gasteiger partial charge on any atom is -0.477 e. The van der Waals surface area contributed by atoms with Crippen LogP contribution in [0.1, 0.15) is 34.8 Å². The predicted molar refractivity (Wildman–Crippen MR) is 55.8 cm³/mol. The van der Waals surface area contributed by atoms with Crippen molar-refractivity contribution in [3.05, 3.63) is 21.9 Å². The summed E-state index contributed by atoms with van der Waals surface area (Å²) in [4.78, 5) is 11.9. The number of thiophene rings is 1. The van der Waals surface area contributed by atoms with Crippen LogP contribution in [0.2, 0.25) is 0 Å². The summed E-state index contributed by atoms with van der Waals surface area (Å²) in [7, 11) is 0. The molecule has 0 saturated carbocycles. The monoisotopic (exact) mass is 214 g/mol. The first-order valence-corrected chi connectivity index (χ1v) is 5.38. The van der Waals surface area contributed by atoms with Crippen molar-refractivity contribution >= 4 is 17.3 Å². The van der Waals surface area contributed by atoms with Crippen LogP contribution in [0, 0.1) is 0 Å². The second kappa shape index (κ2) is 5.12. The predicted octanol–water partition coefficient (Wildman–Crippen LogP) is 2.76. The maximum Gasteiger partial charge on any atom is 0.345 e. The molecular formula is C10H14O3S. The van der Waals surface area contributed by atoms with Gasteiger partial charge in [0.05, 0.1) is 12.7 Å². The minimum absolute atomic E-state index is 0.227. The number of carboxylic acids is 1.